The average molecular weight is 164 g/mol. The van der Waals surface area contributed by atoms with E-state index in [-0.39, 0.29) is 0 Å². The highest BCUT2D eigenvalue weighted by molar-refractivity contribution is 4.90. The number of aryl methyl sites for hydroxylation is 2. The van der Waals surface area contributed by atoms with E-state index >= 15 is 0 Å². The summed E-state index contributed by atoms with van der Waals surface area (Å²) in [5.41, 5.74) is 1.16. The van der Waals surface area contributed by atoms with Crippen molar-refractivity contribution < 1.29 is 4.57 Å². The van der Waals surface area contributed by atoms with E-state index < -0.39 is 0 Å². The number of hydrogen-bond donors (Lipinski definition) is 1. The Labute approximate surface area is 72.9 Å². The molecular weight excluding hydrogens is 150 g/mol. The molecule has 1 aromatic rings. The number of nitrogens with zero attached hydrogens (tertiary/aromatic N) is 2. The Morgan fingerprint density at radius 1 is 1.67 bits per heavy atom. The number of H-pyrrole nitrogens is 1. The van der Waals surface area contributed by atoms with Crippen molar-refractivity contribution in [1.29, 1.82) is 0 Å². The summed E-state index contributed by atoms with van der Waals surface area (Å²) in [6, 6.07) is 0. The van der Waals surface area contributed by atoms with E-state index in [9.17, 15) is 0 Å². The predicted molar refractivity (Wildman–Crippen MR) is 46.6 cm³/mol. The first-order valence-corrected chi connectivity index (χ1v) is 4.19. The third-order valence-electron chi connectivity index (χ3n) is 1.83. The number of imidazole rings is 1. The molecule has 0 atom stereocenters. The van der Waals surface area contributed by atoms with Crippen LogP contribution in [0.4, 0.5) is 0 Å². The number of aromatic nitrogens is 2. The zero-order valence-corrected chi connectivity index (χ0v) is 7.59. The second kappa shape index (κ2) is 3.91. The van der Waals surface area contributed by atoms with Crippen LogP contribution in [0.1, 0.15) is 18.4 Å². The zero-order chi connectivity index (χ0) is 8.97. The largest absolute Gasteiger partial charge is 0.313 e. The number of hydrogen-bond acceptors (Lipinski definition) is 0. The fourth-order valence-electron chi connectivity index (χ4n) is 1.29. The van der Waals surface area contributed by atoms with Gasteiger partial charge in [0.25, 0.3) is 12.4 Å². The summed E-state index contributed by atoms with van der Waals surface area (Å²) in [6.07, 6.45) is 3.05. The van der Waals surface area contributed by atoms with Crippen LogP contribution >= 0.6 is 0 Å². The molecule has 0 unspecified atom stereocenters. The van der Waals surface area contributed by atoms with Crippen LogP contribution in [-0.2, 0) is 13.0 Å². The van der Waals surface area contributed by atoms with Crippen LogP contribution in [0.15, 0.2) is 6.20 Å². The highest BCUT2D eigenvalue weighted by Gasteiger charge is 2.10. The molecule has 3 nitrogen and oxygen atoms in total. The molecule has 1 heterocycles. The molecule has 12 heavy (non-hydrogen) atoms. The molecule has 0 aromatic carbocycles. The van der Waals surface area contributed by atoms with Crippen molar-refractivity contribution in [2.45, 2.75) is 26.8 Å². The first kappa shape index (κ1) is 8.79. The summed E-state index contributed by atoms with van der Waals surface area (Å²) in [5.74, 6) is 1.20. The topological polar surface area (TPSA) is 24.0 Å². The lowest BCUT2D eigenvalue weighted by Gasteiger charge is -1.91. The molecule has 64 valence electrons. The molecule has 1 rings (SSSR count). The Bertz CT molecular complexity index is 293. The van der Waals surface area contributed by atoms with Gasteiger partial charge in [-0.25, -0.2) is 16.1 Å². The normalized spacial score (nSPS) is 9.75. The quantitative estimate of drug-likeness (QED) is 0.511. The fraction of sp³-hybridized carbons (Fsp3) is 0.556. The Balaban J connectivity index is 2.76. The van der Waals surface area contributed by atoms with Crippen molar-refractivity contribution in [3.63, 3.8) is 0 Å². The fourth-order valence-corrected chi connectivity index (χ4v) is 1.29. The van der Waals surface area contributed by atoms with E-state index in [1.54, 1.807) is 0 Å². The summed E-state index contributed by atoms with van der Waals surface area (Å²) >= 11 is 0. The standard InChI is InChI=1S/C9H13N3/c1-4-9-11-8(2)7-12(9)6-5-10-3/h7H,4-6H2,1-2H3/p+1. The molecular formula is C9H14N3+. The third-order valence-corrected chi connectivity index (χ3v) is 1.83. The van der Waals surface area contributed by atoms with E-state index in [0.717, 1.165) is 18.7 Å². The van der Waals surface area contributed by atoms with Crippen molar-refractivity contribution in [2.75, 3.05) is 6.54 Å². The van der Waals surface area contributed by atoms with Gasteiger partial charge in [-0.2, -0.15) is 0 Å². The van der Waals surface area contributed by atoms with E-state index in [1.807, 2.05) is 6.92 Å². The van der Waals surface area contributed by atoms with E-state index in [4.69, 9.17) is 6.57 Å². The lowest BCUT2D eigenvalue weighted by Crippen LogP contribution is -2.36. The first-order valence-electron chi connectivity index (χ1n) is 4.19. The molecule has 0 saturated heterocycles. The number of aromatic amines is 1. The summed E-state index contributed by atoms with van der Waals surface area (Å²) in [4.78, 5) is 6.59. The SMILES string of the molecule is [C-]#[N+]CC[n+]1cc(C)[nH]c1CC. The summed E-state index contributed by atoms with van der Waals surface area (Å²) in [6.45, 7) is 12.2. The molecule has 0 spiro atoms. The van der Waals surface area contributed by atoms with Gasteiger partial charge >= 0.3 is 0 Å². The van der Waals surface area contributed by atoms with Gasteiger partial charge < -0.3 is 4.85 Å². The van der Waals surface area contributed by atoms with E-state index in [0.29, 0.717) is 6.54 Å². The molecule has 0 saturated carbocycles. The summed E-state index contributed by atoms with van der Waals surface area (Å²) < 4.78 is 2.12. The molecule has 0 bridgehead atoms. The lowest BCUT2D eigenvalue weighted by atomic mass is 10.4. The number of rotatable bonds is 3. The second-order valence-electron chi connectivity index (χ2n) is 2.81. The average Bonchev–Trinajstić information content (AvgIpc) is 2.42. The van der Waals surface area contributed by atoms with Crippen molar-refractivity contribution in [2.24, 2.45) is 0 Å². The van der Waals surface area contributed by atoms with E-state index in [2.05, 4.69) is 27.5 Å². The molecule has 0 aliphatic rings. The van der Waals surface area contributed by atoms with Crippen LogP contribution in [0.2, 0.25) is 0 Å². The molecule has 0 amide bonds. The van der Waals surface area contributed by atoms with Gasteiger partial charge in [0.1, 0.15) is 11.9 Å². The summed E-state index contributed by atoms with van der Waals surface area (Å²) in [5, 5.41) is 0. The molecule has 3 heteroatoms. The van der Waals surface area contributed by atoms with Gasteiger partial charge in [-0.15, -0.1) is 0 Å². The summed E-state index contributed by atoms with van der Waals surface area (Å²) in [7, 11) is 0. The van der Waals surface area contributed by atoms with Crippen LogP contribution in [0.5, 0.6) is 0 Å². The first-order chi connectivity index (χ1) is 5.77. The maximum Gasteiger partial charge on any atom is 0.254 e. The Morgan fingerprint density at radius 3 is 3.00 bits per heavy atom. The Morgan fingerprint density at radius 2 is 2.42 bits per heavy atom. The zero-order valence-electron chi connectivity index (χ0n) is 7.59. The van der Waals surface area contributed by atoms with Gasteiger partial charge in [0.15, 0.2) is 6.54 Å². The van der Waals surface area contributed by atoms with Crippen molar-refractivity contribution in [3.05, 3.63) is 29.1 Å². The maximum absolute atomic E-state index is 6.69. The van der Waals surface area contributed by atoms with Crippen molar-refractivity contribution in [3.8, 4) is 0 Å². The minimum atomic E-state index is 0.564. The smallest absolute Gasteiger partial charge is 0.254 e. The molecule has 0 aliphatic heterocycles. The Kier molecular flexibility index (Phi) is 2.87. The van der Waals surface area contributed by atoms with Gasteiger partial charge in [-0.3, -0.25) is 0 Å². The van der Waals surface area contributed by atoms with Gasteiger partial charge in [-0.05, 0) is 0 Å². The molecule has 0 aliphatic carbocycles. The van der Waals surface area contributed by atoms with Crippen LogP contribution < -0.4 is 4.57 Å². The molecule has 1 N–H and O–H groups in total. The number of nitrogens with one attached hydrogen (secondary N) is 1. The van der Waals surface area contributed by atoms with Gasteiger partial charge in [0.05, 0.1) is 0 Å². The highest BCUT2D eigenvalue weighted by Crippen LogP contribution is 1.93. The van der Waals surface area contributed by atoms with Crippen LogP contribution in [0.25, 0.3) is 4.85 Å². The van der Waals surface area contributed by atoms with E-state index in [1.165, 1.54) is 5.82 Å². The lowest BCUT2D eigenvalue weighted by molar-refractivity contribution is -0.699. The minimum absolute atomic E-state index is 0.564. The molecule has 0 fully saturated rings. The van der Waals surface area contributed by atoms with Gasteiger partial charge in [0, 0.05) is 13.3 Å². The predicted octanol–water partition coefficient (Wildman–Crippen LogP) is 1.09. The second-order valence-corrected chi connectivity index (χ2v) is 2.81. The maximum atomic E-state index is 6.69. The van der Waals surface area contributed by atoms with Crippen LogP contribution in [0, 0.1) is 13.5 Å². The van der Waals surface area contributed by atoms with Crippen LogP contribution in [0.3, 0.4) is 0 Å². The monoisotopic (exact) mass is 164 g/mol. The molecule has 1 aromatic heterocycles. The Hall–Kier alpha value is -1.30. The molecule has 0 radical (unpaired) electrons. The minimum Gasteiger partial charge on any atom is -0.313 e. The van der Waals surface area contributed by atoms with Crippen molar-refractivity contribution >= 4 is 0 Å². The van der Waals surface area contributed by atoms with Crippen LogP contribution in [-0.4, -0.2) is 11.5 Å². The van der Waals surface area contributed by atoms with Gasteiger partial charge in [0.2, 0.25) is 0 Å². The highest BCUT2D eigenvalue weighted by atomic mass is 15.1. The van der Waals surface area contributed by atoms with Crippen molar-refractivity contribution in [1.82, 2.24) is 4.98 Å². The third kappa shape index (κ3) is 1.85. The van der Waals surface area contributed by atoms with Gasteiger partial charge in [-0.1, -0.05) is 6.92 Å².